The highest BCUT2D eigenvalue weighted by molar-refractivity contribution is 5.76. The fraction of sp³-hybridized carbons (Fsp3) is 0.150. The van der Waals surface area contributed by atoms with Gasteiger partial charge < -0.3 is 10.4 Å². The number of carboxylic acid groups (broad SMARTS) is 1. The van der Waals surface area contributed by atoms with Crippen molar-refractivity contribution in [2.45, 2.75) is 13.0 Å². The molecule has 2 aromatic rings. The molecule has 0 aliphatic heterocycles. The van der Waals surface area contributed by atoms with Gasteiger partial charge in [-0.3, -0.25) is 4.79 Å². The number of nitrogens with one attached hydrogen (secondary N) is 1. The van der Waals surface area contributed by atoms with Crippen molar-refractivity contribution < 1.29 is 9.90 Å². The Bertz CT molecular complexity index is 663. The van der Waals surface area contributed by atoms with E-state index in [2.05, 4.69) is 11.9 Å². The maximum atomic E-state index is 11.6. The highest BCUT2D eigenvalue weighted by Gasteiger charge is 2.27. The summed E-state index contributed by atoms with van der Waals surface area (Å²) in [6.45, 7) is 5.58. The Kier molecular flexibility index (Phi) is 5.75. The molecule has 0 bridgehead atoms. The van der Waals surface area contributed by atoms with E-state index in [1.807, 2.05) is 72.8 Å². The molecule has 2 atom stereocenters. The Morgan fingerprint density at radius 2 is 1.65 bits per heavy atom. The molecule has 2 aromatic carbocycles. The van der Waals surface area contributed by atoms with Crippen LogP contribution in [0.5, 0.6) is 0 Å². The molecule has 0 radical (unpaired) electrons. The molecule has 0 saturated carbocycles. The second-order valence-corrected chi connectivity index (χ2v) is 5.47. The predicted octanol–water partition coefficient (Wildman–Crippen LogP) is 4.46. The van der Waals surface area contributed by atoms with Gasteiger partial charge in [0.15, 0.2) is 0 Å². The van der Waals surface area contributed by atoms with Gasteiger partial charge in [-0.05, 0) is 24.6 Å². The van der Waals surface area contributed by atoms with Crippen molar-refractivity contribution in [2.75, 3.05) is 5.32 Å². The predicted molar refractivity (Wildman–Crippen MR) is 95.3 cm³/mol. The van der Waals surface area contributed by atoms with Crippen LogP contribution < -0.4 is 5.32 Å². The van der Waals surface area contributed by atoms with Gasteiger partial charge in [-0.25, -0.2) is 0 Å². The van der Waals surface area contributed by atoms with Crippen molar-refractivity contribution >= 4 is 17.7 Å². The first-order chi connectivity index (χ1) is 11.1. The van der Waals surface area contributed by atoms with Gasteiger partial charge in [0.2, 0.25) is 0 Å². The average Bonchev–Trinajstić information content (AvgIpc) is 2.54. The summed E-state index contributed by atoms with van der Waals surface area (Å²) in [6, 6.07) is 19.0. The van der Waals surface area contributed by atoms with Crippen molar-refractivity contribution in [3.63, 3.8) is 0 Å². The van der Waals surface area contributed by atoms with Crippen LogP contribution in [0.2, 0.25) is 0 Å². The van der Waals surface area contributed by atoms with E-state index in [4.69, 9.17) is 0 Å². The zero-order chi connectivity index (χ0) is 16.7. The molecule has 0 aliphatic carbocycles. The molecule has 23 heavy (non-hydrogen) atoms. The molecular formula is C20H21NO2. The van der Waals surface area contributed by atoms with E-state index < -0.39 is 11.9 Å². The van der Waals surface area contributed by atoms with Crippen LogP contribution in [0.3, 0.4) is 0 Å². The Balaban J connectivity index is 2.28. The summed E-state index contributed by atoms with van der Waals surface area (Å²) in [5.74, 6) is -1.58. The second-order valence-electron chi connectivity index (χ2n) is 5.47. The van der Waals surface area contributed by atoms with Crippen LogP contribution in [0.4, 0.5) is 5.69 Å². The van der Waals surface area contributed by atoms with Gasteiger partial charge in [0.25, 0.3) is 0 Å². The Labute approximate surface area is 137 Å². The maximum absolute atomic E-state index is 11.6. The van der Waals surface area contributed by atoms with Gasteiger partial charge >= 0.3 is 5.97 Å². The minimum atomic E-state index is -0.886. The lowest BCUT2D eigenvalue weighted by Gasteiger charge is -2.24. The van der Waals surface area contributed by atoms with Gasteiger partial charge in [-0.15, -0.1) is 0 Å². The number of hydrogen-bond acceptors (Lipinski definition) is 2. The van der Waals surface area contributed by atoms with E-state index in [1.54, 1.807) is 6.92 Å². The first kappa shape index (κ1) is 16.6. The van der Waals surface area contributed by atoms with Crippen LogP contribution in [0.15, 0.2) is 78.9 Å². The number of carbonyl (C=O) groups is 1. The summed E-state index contributed by atoms with van der Waals surface area (Å²) in [7, 11) is 0. The Morgan fingerprint density at radius 3 is 2.17 bits per heavy atom. The number of para-hydroxylation sites is 1. The number of anilines is 1. The van der Waals surface area contributed by atoms with Gasteiger partial charge in [-0.2, -0.15) is 0 Å². The Morgan fingerprint density at radius 1 is 1.09 bits per heavy atom. The summed E-state index contributed by atoms with van der Waals surface area (Å²) in [4.78, 5) is 11.6. The molecule has 0 saturated heterocycles. The van der Waals surface area contributed by atoms with E-state index in [0.29, 0.717) is 5.57 Å². The van der Waals surface area contributed by atoms with E-state index in [0.717, 1.165) is 11.3 Å². The van der Waals surface area contributed by atoms with Crippen LogP contribution >= 0.6 is 0 Å². The zero-order valence-electron chi connectivity index (χ0n) is 13.1. The van der Waals surface area contributed by atoms with Crippen molar-refractivity contribution in [1.29, 1.82) is 0 Å². The average molecular weight is 307 g/mol. The summed E-state index contributed by atoms with van der Waals surface area (Å²) >= 11 is 0. The third kappa shape index (κ3) is 4.85. The molecule has 118 valence electrons. The first-order valence-corrected chi connectivity index (χ1v) is 7.51. The molecule has 0 spiro atoms. The fourth-order valence-electron chi connectivity index (χ4n) is 2.42. The van der Waals surface area contributed by atoms with E-state index in [1.165, 1.54) is 0 Å². The molecular weight excluding hydrogens is 286 g/mol. The van der Waals surface area contributed by atoms with Gasteiger partial charge in [0.1, 0.15) is 5.92 Å². The fourth-order valence-corrected chi connectivity index (χ4v) is 2.42. The molecule has 0 aromatic heterocycles. The first-order valence-electron chi connectivity index (χ1n) is 7.51. The van der Waals surface area contributed by atoms with Crippen molar-refractivity contribution in [3.8, 4) is 0 Å². The maximum Gasteiger partial charge on any atom is 0.313 e. The molecule has 0 fully saturated rings. The van der Waals surface area contributed by atoms with Crippen molar-refractivity contribution in [3.05, 3.63) is 84.5 Å². The SMILES string of the molecule is C=C(C)C(C(=O)O)C(/C=C/c1ccccc1)Nc1ccccc1. The lowest BCUT2D eigenvalue weighted by atomic mass is 9.92. The molecule has 0 aliphatic rings. The van der Waals surface area contributed by atoms with E-state index in [9.17, 15) is 9.90 Å². The van der Waals surface area contributed by atoms with Gasteiger partial charge in [0, 0.05) is 5.69 Å². The summed E-state index contributed by atoms with van der Waals surface area (Å²) in [6.07, 6.45) is 3.81. The quantitative estimate of drug-likeness (QED) is 0.743. The highest BCUT2D eigenvalue weighted by atomic mass is 16.4. The summed E-state index contributed by atoms with van der Waals surface area (Å²) in [5, 5.41) is 12.8. The molecule has 2 unspecified atom stereocenters. The third-order valence-corrected chi connectivity index (χ3v) is 3.56. The number of hydrogen-bond donors (Lipinski definition) is 2. The zero-order valence-corrected chi connectivity index (χ0v) is 13.1. The van der Waals surface area contributed by atoms with Crippen LogP contribution in [-0.4, -0.2) is 17.1 Å². The summed E-state index contributed by atoms with van der Waals surface area (Å²) in [5.41, 5.74) is 2.52. The number of rotatable bonds is 7. The molecule has 2 rings (SSSR count). The lowest BCUT2D eigenvalue weighted by Crippen LogP contribution is -2.33. The minimum Gasteiger partial charge on any atom is -0.481 e. The standard InChI is InChI=1S/C20H21NO2/c1-15(2)19(20(22)23)18(21-17-11-7-4-8-12-17)14-13-16-9-5-3-6-10-16/h3-14,18-19,21H,1H2,2H3,(H,22,23)/b14-13+. The van der Waals surface area contributed by atoms with E-state index in [-0.39, 0.29) is 6.04 Å². The van der Waals surface area contributed by atoms with Crippen LogP contribution in [0.25, 0.3) is 6.08 Å². The molecule has 3 nitrogen and oxygen atoms in total. The number of carboxylic acids is 1. The van der Waals surface area contributed by atoms with Crippen LogP contribution in [0, 0.1) is 5.92 Å². The number of aliphatic carboxylic acids is 1. The Hall–Kier alpha value is -2.81. The monoisotopic (exact) mass is 307 g/mol. The summed E-state index contributed by atoms with van der Waals surface area (Å²) < 4.78 is 0. The number of benzene rings is 2. The van der Waals surface area contributed by atoms with Crippen molar-refractivity contribution in [1.82, 2.24) is 0 Å². The molecule has 0 amide bonds. The highest BCUT2D eigenvalue weighted by Crippen LogP contribution is 2.21. The third-order valence-electron chi connectivity index (χ3n) is 3.56. The topological polar surface area (TPSA) is 49.3 Å². The van der Waals surface area contributed by atoms with Gasteiger partial charge in [-0.1, -0.05) is 72.8 Å². The van der Waals surface area contributed by atoms with E-state index >= 15 is 0 Å². The van der Waals surface area contributed by atoms with Gasteiger partial charge in [0.05, 0.1) is 6.04 Å². The van der Waals surface area contributed by atoms with Crippen LogP contribution in [0.1, 0.15) is 12.5 Å². The molecule has 3 heteroatoms. The molecule has 2 N–H and O–H groups in total. The van der Waals surface area contributed by atoms with Crippen LogP contribution in [-0.2, 0) is 4.79 Å². The van der Waals surface area contributed by atoms with Crippen molar-refractivity contribution in [2.24, 2.45) is 5.92 Å². The normalized spacial score (nSPS) is 13.4. The lowest BCUT2D eigenvalue weighted by molar-refractivity contribution is -0.140. The minimum absolute atomic E-state index is 0.382. The second kappa shape index (κ2) is 7.99. The smallest absolute Gasteiger partial charge is 0.313 e. The molecule has 0 heterocycles. The largest absolute Gasteiger partial charge is 0.481 e.